The molecule has 0 aliphatic heterocycles. The van der Waals surface area contributed by atoms with E-state index in [1.165, 1.54) is 19.3 Å². The zero-order valence-corrected chi connectivity index (χ0v) is 14.0. The Balaban J connectivity index is 2.10. The lowest BCUT2D eigenvalue weighted by atomic mass is 9.88. The summed E-state index contributed by atoms with van der Waals surface area (Å²) in [6.45, 7) is 7.61. The Labute approximate surface area is 129 Å². The van der Waals surface area contributed by atoms with Crippen molar-refractivity contribution < 1.29 is 14.6 Å². The number of rotatable bonds is 8. The Morgan fingerprint density at radius 1 is 1.38 bits per heavy atom. The summed E-state index contributed by atoms with van der Waals surface area (Å²) in [4.78, 5) is 13.6. The van der Waals surface area contributed by atoms with E-state index in [0.717, 1.165) is 6.42 Å². The van der Waals surface area contributed by atoms with Crippen LogP contribution >= 0.6 is 0 Å². The molecule has 1 fully saturated rings. The predicted octanol–water partition coefficient (Wildman–Crippen LogP) is 1.40. The van der Waals surface area contributed by atoms with Crippen molar-refractivity contribution in [3.63, 3.8) is 0 Å². The van der Waals surface area contributed by atoms with Crippen molar-refractivity contribution in [2.75, 3.05) is 33.3 Å². The third-order valence-corrected chi connectivity index (χ3v) is 3.86. The molecule has 0 aromatic carbocycles. The van der Waals surface area contributed by atoms with Gasteiger partial charge >= 0.3 is 0 Å². The molecule has 2 unspecified atom stereocenters. The standard InChI is InChI=1S/C16H32N2O3/c1-13-7-5-6-8-14(13)21-10-9-17-15(19)11-18(4)12-16(2,3)20/h13-14,20H,5-12H2,1-4H3,(H,17,19). The average Bonchev–Trinajstić information content (AvgIpc) is 2.34. The van der Waals surface area contributed by atoms with Crippen molar-refractivity contribution in [2.24, 2.45) is 5.92 Å². The molecule has 0 heterocycles. The number of carbonyl (C=O) groups is 1. The molecule has 21 heavy (non-hydrogen) atoms. The zero-order valence-electron chi connectivity index (χ0n) is 14.0. The van der Waals surface area contributed by atoms with E-state index in [2.05, 4.69) is 12.2 Å². The van der Waals surface area contributed by atoms with E-state index in [1.54, 1.807) is 13.8 Å². The second-order valence-electron chi connectivity index (χ2n) is 7.01. The molecular weight excluding hydrogens is 268 g/mol. The van der Waals surface area contributed by atoms with Gasteiger partial charge in [-0.15, -0.1) is 0 Å². The number of amides is 1. The van der Waals surface area contributed by atoms with E-state index in [1.807, 2.05) is 11.9 Å². The second-order valence-corrected chi connectivity index (χ2v) is 7.01. The number of aliphatic hydroxyl groups is 1. The van der Waals surface area contributed by atoms with Crippen LogP contribution in [0.3, 0.4) is 0 Å². The third-order valence-electron chi connectivity index (χ3n) is 3.86. The Bertz CT molecular complexity index is 315. The predicted molar refractivity (Wildman–Crippen MR) is 84.2 cm³/mol. The van der Waals surface area contributed by atoms with E-state index >= 15 is 0 Å². The number of ether oxygens (including phenoxy) is 1. The van der Waals surface area contributed by atoms with E-state index in [-0.39, 0.29) is 5.91 Å². The quantitative estimate of drug-likeness (QED) is 0.665. The lowest BCUT2D eigenvalue weighted by molar-refractivity contribution is -0.122. The first-order chi connectivity index (χ1) is 9.78. The normalized spacial score (nSPS) is 23.3. The van der Waals surface area contributed by atoms with Gasteiger partial charge in [0.25, 0.3) is 0 Å². The van der Waals surface area contributed by atoms with Gasteiger partial charge in [0.2, 0.25) is 5.91 Å². The molecule has 1 amide bonds. The first-order valence-electron chi connectivity index (χ1n) is 8.07. The van der Waals surface area contributed by atoms with Crippen LogP contribution in [0.15, 0.2) is 0 Å². The fourth-order valence-electron chi connectivity index (χ4n) is 2.95. The molecule has 2 atom stereocenters. The van der Waals surface area contributed by atoms with Crippen molar-refractivity contribution in [3.8, 4) is 0 Å². The average molecular weight is 300 g/mol. The maximum absolute atomic E-state index is 11.8. The minimum absolute atomic E-state index is 0.0259. The Kier molecular flexibility index (Phi) is 7.63. The highest BCUT2D eigenvalue weighted by Crippen LogP contribution is 2.25. The lowest BCUT2D eigenvalue weighted by Crippen LogP contribution is -2.42. The minimum Gasteiger partial charge on any atom is -0.389 e. The number of likely N-dealkylation sites (N-methyl/N-ethyl adjacent to an activating group) is 1. The molecule has 124 valence electrons. The summed E-state index contributed by atoms with van der Waals surface area (Å²) in [5.41, 5.74) is -0.782. The van der Waals surface area contributed by atoms with Gasteiger partial charge in [0.05, 0.1) is 24.9 Å². The van der Waals surface area contributed by atoms with E-state index in [4.69, 9.17) is 4.74 Å². The summed E-state index contributed by atoms with van der Waals surface area (Å²) in [6, 6.07) is 0. The summed E-state index contributed by atoms with van der Waals surface area (Å²) < 4.78 is 5.86. The van der Waals surface area contributed by atoms with E-state index < -0.39 is 5.60 Å². The molecule has 0 saturated heterocycles. The van der Waals surface area contributed by atoms with Gasteiger partial charge in [0.15, 0.2) is 0 Å². The molecule has 1 aliphatic carbocycles. The molecule has 1 aliphatic rings. The first-order valence-corrected chi connectivity index (χ1v) is 8.07. The van der Waals surface area contributed by atoms with Crippen LogP contribution in [0, 0.1) is 5.92 Å². The number of hydrogen-bond acceptors (Lipinski definition) is 4. The van der Waals surface area contributed by atoms with Crippen LogP contribution in [0.4, 0.5) is 0 Å². The molecule has 5 heteroatoms. The highest BCUT2D eigenvalue weighted by Gasteiger charge is 2.21. The van der Waals surface area contributed by atoms with Crippen LogP contribution in [0.5, 0.6) is 0 Å². The van der Waals surface area contributed by atoms with Gasteiger partial charge in [-0.25, -0.2) is 0 Å². The highest BCUT2D eigenvalue weighted by molar-refractivity contribution is 5.77. The van der Waals surface area contributed by atoms with Gasteiger partial charge < -0.3 is 15.2 Å². The molecule has 0 aromatic heterocycles. The van der Waals surface area contributed by atoms with Gasteiger partial charge in [-0.2, -0.15) is 0 Å². The van der Waals surface area contributed by atoms with Crippen LogP contribution in [-0.4, -0.2) is 60.9 Å². The van der Waals surface area contributed by atoms with Gasteiger partial charge in [-0.05, 0) is 39.7 Å². The second kappa shape index (κ2) is 8.71. The molecule has 0 aromatic rings. The van der Waals surface area contributed by atoms with Crippen LogP contribution in [0.25, 0.3) is 0 Å². The van der Waals surface area contributed by atoms with Crippen molar-refractivity contribution >= 4 is 5.91 Å². The van der Waals surface area contributed by atoms with Gasteiger partial charge in [-0.3, -0.25) is 9.69 Å². The van der Waals surface area contributed by atoms with E-state index in [9.17, 15) is 9.90 Å². The topological polar surface area (TPSA) is 61.8 Å². The molecular formula is C16H32N2O3. The van der Waals surface area contributed by atoms with Crippen molar-refractivity contribution in [1.29, 1.82) is 0 Å². The third kappa shape index (κ3) is 8.39. The molecule has 0 bridgehead atoms. The van der Waals surface area contributed by atoms with Gasteiger partial charge in [-0.1, -0.05) is 19.8 Å². The Morgan fingerprint density at radius 3 is 2.67 bits per heavy atom. The number of nitrogens with zero attached hydrogens (tertiary/aromatic N) is 1. The molecule has 0 spiro atoms. The van der Waals surface area contributed by atoms with E-state index in [0.29, 0.717) is 38.3 Å². The minimum atomic E-state index is -0.782. The maximum Gasteiger partial charge on any atom is 0.234 e. The lowest BCUT2D eigenvalue weighted by Gasteiger charge is -2.28. The fraction of sp³-hybridized carbons (Fsp3) is 0.938. The highest BCUT2D eigenvalue weighted by atomic mass is 16.5. The van der Waals surface area contributed by atoms with Crippen LogP contribution in [0.2, 0.25) is 0 Å². The van der Waals surface area contributed by atoms with Crippen LogP contribution in [-0.2, 0) is 9.53 Å². The maximum atomic E-state index is 11.8. The summed E-state index contributed by atoms with van der Waals surface area (Å²) >= 11 is 0. The number of nitrogens with one attached hydrogen (secondary N) is 1. The summed E-state index contributed by atoms with van der Waals surface area (Å²) in [5, 5.41) is 12.6. The first kappa shape index (κ1) is 18.4. The molecule has 0 radical (unpaired) electrons. The van der Waals surface area contributed by atoms with Crippen molar-refractivity contribution in [2.45, 2.75) is 58.2 Å². The summed E-state index contributed by atoms with van der Waals surface area (Å²) in [6.07, 6.45) is 5.31. The van der Waals surface area contributed by atoms with Gasteiger partial charge in [0.1, 0.15) is 0 Å². The van der Waals surface area contributed by atoms with Crippen LogP contribution < -0.4 is 5.32 Å². The molecule has 1 saturated carbocycles. The summed E-state index contributed by atoms with van der Waals surface area (Å²) in [7, 11) is 1.83. The molecule has 1 rings (SSSR count). The monoisotopic (exact) mass is 300 g/mol. The molecule has 2 N–H and O–H groups in total. The summed E-state index contributed by atoms with van der Waals surface area (Å²) in [5.74, 6) is 0.606. The largest absolute Gasteiger partial charge is 0.389 e. The molecule has 5 nitrogen and oxygen atoms in total. The van der Waals surface area contributed by atoms with Gasteiger partial charge in [0, 0.05) is 13.1 Å². The Morgan fingerprint density at radius 2 is 2.05 bits per heavy atom. The number of carbonyl (C=O) groups excluding carboxylic acids is 1. The SMILES string of the molecule is CC1CCCCC1OCCNC(=O)CN(C)CC(C)(C)O. The van der Waals surface area contributed by atoms with Crippen molar-refractivity contribution in [3.05, 3.63) is 0 Å². The smallest absolute Gasteiger partial charge is 0.234 e. The number of hydrogen-bond donors (Lipinski definition) is 2. The zero-order chi connectivity index (χ0) is 15.9. The fourth-order valence-corrected chi connectivity index (χ4v) is 2.95. The van der Waals surface area contributed by atoms with Crippen LogP contribution in [0.1, 0.15) is 46.5 Å². The van der Waals surface area contributed by atoms with Crippen molar-refractivity contribution in [1.82, 2.24) is 10.2 Å². The Hall–Kier alpha value is -0.650.